The molecule has 0 saturated heterocycles. The number of anilines is 4. The Hall–Kier alpha value is -2.81. The number of pyridine rings is 1. The van der Waals surface area contributed by atoms with E-state index >= 15 is 0 Å². The van der Waals surface area contributed by atoms with E-state index in [0.717, 1.165) is 12.2 Å². The lowest BCUT2D eigenvalue weighted by Gasteiger charge is -2.51. The molecule has 0 N–H and O–H groups in total. The number of rotatable bonds is 2. The molecule has 0 aliphatic carbocycles. The van der Waals surface area contributed by atoms with Gasteiger partial charge in [-0.05, 0) is 42.3 Å². The molecule has 3 aromatic rings. The predicted molar refractivity (Wildman–Crippen MR) is 123 cm³/mol. The summed E-state index contributed by atoms with van der Waals surface area (Å²) >= 11 is 0. The van der Waals surface area contributed by atoms with Gasteiger partial charge in [-0.1, -0.05) is 71.0 Å². The summed E-state index contributed by atoms with van der Waals surface area (Å²) in [5.74, 6) is 1.50. The topological polar surface area (TPSA) is 19.4 Å². The molecule has 5 rings (SSSR count). The van der Waals surface area contributed by atoms with E-state index in [2.05, 4.69) is 91.2 Å². The van der Waals surface area contributed by atoms with Crippen molar-refractivity contribution in [3.8, 4) is 0 Å². The largest absolute Gasteiger partial charge is 0.317 e. The van der Waals surface area contributed by atoms with Gasteiger partial charge in [-0.3, -0.25) is 0 Å². The van der Waals surface area contributed by atoms with E-state index in [0.29, 0.717) is 5.92 Å². The fourth-order valence-electron chi connectivity index (χ4n) is 4.98. The van der Waals surface area contributed by atoms with Gasteiger partial charge in [-0.25, -0.2) is 4.98 Å². The van der Waals surface area contributed by atoms with E-state index in [1.807, 2.05) is 26.1 Å². The number of hydrogen-bond donors (Lipinski definition) is 0. The smallest absolute Gasteiger partial charge is 0.158 e. The van der Waals surface area contributed by atoms with Crippen LogP contribution in [-0.2, 0) is 5.41 Å². The summed E-state index contributed by atoms with van der Waals surface area (Å²) < 4.78 is 0. The highest BCUT2D eigenvalue weighted by Gasteiger charge is 2.52. The molecule has 3 unspecified atom stereocenters. The van der Waals surface area contributed by atoms with Gasteiger partial charge in [0.2, 0.25) is 0 Å². The van der Waals surface area contributed by atoms with Crippen LogP contribution in [0.1, 0.15) is 46.6 Å². The van der Waals surface area contributed by atoms with Crippen molar-refractivity contribution in [2.24, 2.45) is 5.92 Å². The van der Waals surface area contributed by atoms with Crippen molar-refractivity contribution in [1.82, 2.24) is 4.98 Å². The lowest BCUT2D eigenvalue weighted by atomic mass is 9.66. The molecular weight excluding hydrogens is 354 g/mol. The third-order valence-corrected chi connectivity index (χ3v) is 6.78. The maximum Gasteiger partial charge on any atom is 0.158 e. The Morgan fingerprint density at radius 3 is 2.24 bits per heavy atom. The van der Waals surface area contributed by atoms with Gasteiger partial charge in [0, 0.05) is 28.9 Å². The van der Waals surface area contributed by atoms with Gasteiger partial charge in [0.1, 0.15) is 6.17 Å². The number of hydrogen-bond acceptors (Lipinski definition) is 3. The molecule has 3 heteroatoms. The lowest BCUT2D eigenvalue weighted by molar-refractivity contribution is 0.249. The molecule has 2 aliphatic rings. The molecule has 0 fully saturated rings. The number of aromatic nitrogens is 1. The van der Waals surface area contributed by atoms with Crippen LogP contribution in [0.4, 0.5) is 22.9 Å². The van der Waals surface area contributed by atoms with Crippen LogP contribution in [-0.4, -0.2) is 11.1 Å². The third kappa shape index (κ3) is 2.75. The second-order valence-electron chi connectivity index (χ2n) is 7.91. The highest BCUT2D eigenvalue weighted by atomic mass is 15.5. The zero-order valence-electron chi connectivity index (χ0n) is 18.1. The summed E-state index contributed by atoms with van der Waals surface area (Å²) in [4.78, 5) is 9.75. The van der Waals surface area contributed by atoms with Gasteiger partial charge in [0.05, 0.1) is 5.69 Å². The SMILES string of the molecule is CC.CCC1(C)c2ccccc2N2c3ncccc3N(c3ccccc3)C2C1C. The maximum atomic E-state index is 4.81. The van der Waals surface area contributed by atoms with Gasteiger partial charge in [-0.15, -0.1) is 0 Å². The minimum absolute atomic E-state index is 0.118. The Kier molecular flexibility index (Phi) is 5.08. The minimum atomic E-state index is 0.118. The van der Waals surface area contributed by atoms with Crippen molar-refractivity contribution in [1.29, 1.82) is 0 Å². The molecule has 0 amide bonds. The summed E-state index contributed by atoms with van der Waals surface area (Å²) in [7, 11) is 0. The van der Waals surface area contributed by atoms with Crippen molar-refractivity contribution in [2.75, 3.05) is 9.80 Å². The van der Waals surface area contributed by atoms with Crippen LogP contribution < -0.4 is 9.80 Å². The molecule has 2 aliphatic heterocycles. The summed E-state index contributed by atoms with van der Waals surface area (Å²) in [6, 6.07) is 23.9. The lowest BCUT2D eigenvalue weighted by Crippen LogP contribution is -2.54. The number of benzene rings is 2. The monoisotopic (exact) mass is 385 g/mol. The normalized spacial score (nSPS) is 24.2. The quantitative estimate of drug-likeness (QED) is 0.471. The molecule has 1 aromatic heterocycles. The standard InChI is InChI=1S/C24H25N3.C2H6/c1-4-24(3)17(2)23-26(18-11-6-5-7-12-18)21-15-10-16-25-22(21)27(23)20-14-9-8-13-19(20)24;1-2/h5-17,23H,4H2,1-3H3;1-2H3. The number of para-hydroxylation sites is 2. The van der Waals surface area contributed by atoms with E-state index in [-0.39, 0.29) is 11.6 Å². The fourth-order valence-corrected chi connectivity index (χ4v) is 4.98. The second-order valence-corrected chi connectivity index (χ2v) is 7.91. The van der Waals surface area contributed by atoms with Gasteiger partial charge in [0.15, 0.2) is 5.82 Å². The Morgan fingerprint density at radius 2 is 1.52 bits per heavy atom. The van der Waals surface area contributed by atoms with Crippen molar-refractivity contribution >= 4 is 22.9 Å². The maximum absolute atomic E-state index is 4.81. The van der Waals surface area contributed by atoms with Crippen LogP contribution in [0.2, 0.25) is 0 Å². The third-order valence-electron chi connectivity index (χ3n) is 6.78. The van der Waals surface area contributed by atoms with Crippen LogP contribution in [0, 0.1) is 5.92 Å². The summed E-state index contributed by atoms with van der Waals surface area (Å²) in [6.45, 7) is 11.1. The van der Waals surface area contributed by atoms with E-state index in [1.165, 1.54) is 22.6 Å². The fraction of sp³-hybridized carbons (Fsp3) is 0.346. The second kappa shape index (κ2) is 7.55. The number of fused-ring (bicyclic) bond motifs is 5. The highest BCUT2D eigenvalue weighted by molar-refractivity contribution is 5.88. The van der Waals surface area contributed by atoms with Crippen LogP contribution in [0.3, 0.4) is 0 Å². The highest BCUT2D eigenvalue weighted by Crippen LogP contribution is 2.57. The molecule has 0 bridgehead atoms. The first-order valence-electron chi connectivity index (χ1n) is 10.8. The van der Waals surface area contributed by atoms with Crippen LogP contribution in [0.5, 0.6) is 0 Å². The van der Waals surface area contributed by atoms with Crippen molar-refractivity contribution in [2.45, 2.75) is 52.6 Å². The van der Waals surface area contributed by atoms with Gasteiger partial charge >= 0.3 is 0 Å². The van der Waals surface area contributed by atoms with Crippen molar-refractivity contribution in [3.05, 3.63) is 78.5 Å². The molecule has 3 heterocycles. The molecule has 150 valence electrons. The number of nitrogens with zero attached hydrogens (tertiary/aromatic N) is 3. The Bertz CT molecular complexity index is 984. The first-order chi connectivity index (χ1) is 14.2. The van der Waals surface area contributed by atoms with Gasteiger partial charge in [-0.2, -0.15) is 0 Å². The molecule has 0 spiro atoms. The van der Waals surface area contributed by atoms with Gasteiger partial charge < -0.3 is 9.80 Å². The van der Waals surface area contributed by atoms with E-state index < -0.39 is 0 Å². The first kappa shape index (κ1) is 19.5. The Balaban J connectivity index is 0.000000994. The van der Waals surface area contributed by atoms with Crippen molar-refractivity contribution < 1.29 is 0 Å². The molecular formula is C26H31N3. The predicted octanol–water partition coefficient (Wildman–Crippen LogP) is 7.04. The minimum Gasteiger partial charge on any atom is -0.317 e. The molecule has 3 nitrogen and oxygen atoms in total. The van der Waals surface area contributed by atoms with E-state index in [9.17, 15) is 0 Å². The molecule has 0 saturated carbocycles. The zero-order valence-corrected chi connectivity index (χ0v) is 18.1. The Labute approximate surface area is 175 Å². The molecule has 29 heavy (non-hydrogen) atoms. The molecule has 2 aromatic carbocycles. The zero-order chi connectivity index (χ0) is 20.6. The average Bonchev–Trinajstić information content (AvgIpc) is 3.15. The molecule has 0 radical (unpaired) electrons. The van der Waals surface area contributed by atoms with Crippen molar-refractivity contribution in [3.63, 3.8) is 0 Å². The van der Waals surface area contributed by atoms with Crippen LogP contribution in [0.15, 0.2) is 72.9 Å². The molecule has 3 atom stereocenters. The van der Waals surface area contributed by atoms with Crippen LogP contribution in [0.25, 0.3) is 0 Å². The first-order valence-corrected chi connectivity index (χ1v) is 10.8. The van der Waals surface area contributed by atoms with E-state index in [1.54, 1.807) is 0 Å². The summed E-state index contributed by atoms with van der Waals surface area (Å²) in [5, 5.41) is 0. The average molecular weight is 386 g/mol. The Morgan fingerprint density at radius 1 is 0.862 bits per heavy atom. The summed E-state index contributed by atoms with van der Waals surface area (Å²) in [6.07, 6.45) is 3.24. The summed E-state index contributed by atoms with van der Waals surface area (Å²) in [5.41, 5.74) is 5.26. The van der Waals surface area contributed by atoms with E-state index in [4.69, 9.17) is 4.98 Å². The van der Waals surface area contributed by atoms with Crippen LogP contribution >= 0.6 is 0 Å². The van der Waals surface area contributed by atoms with Gasteiger partial charge in [0.25, 0.3) is 0 Å².